The third-order valence-corrected chi connectivity index (χ3v) is 5.10. The third-order valence-electron chi connectivity index (χ3n) is 4.57. The second-order valence-corrected chi connectivity index (χ2v) is 7.13. The van der Waals surface area contributed by atoms with Gasteiger partial charge in [-0.2, -0.15) is 0 Å². The molecule has 0 heterocycles. The number of halogens is 1. The van der Waals surface area contributed by atoms with E-state index in [4.69, 9.17) is 0 Å². The van der Waals surface area contributed by atoms with Gasteiger partial charge in [-0.3, -0.25) is 14.4 Å². The van der Waals surface area contributed by atoms with E-state index in [0.29, 0.717) is 27.8 Å². The van der Waals surface area contributed by atoms with Crippen LogP contribution in [0.25, 0.3) is 11.1 Å². The molecule has 1 amide bonds. The van der Waals surface area contributed by atoms with Crippen LogP contribution in [0.5, 0.6) is 0 Å². The molecule has 3 aromatic carbocycles. The molecule has 5 heteroatoms. The fourth-order valence-corrected chi connectivity index (χ4v) is 3.52. The van der Waals surface area contributed by atoms with E-state index in [1.165, 1.54) is 0 Å². The van der Waals surface area contributed by atoms with Crippen molar-refractivity contribution in [2.75, 3.05) is 6.54 Å². The molecule has 0 aromatic heterocycles. The lowest BCUT2D eigenvalue weighted by Gasteiger charge is -2.09. The molecule has 0 aliphatic heterocycles. The first-order valence-electron chi connectivity index (χ1n) is 8.40. The van der Waals surface area contributed by atoms with Gasteiger partial charge in [-0.25, -0.2) is 0 Å². The zero-order chi connectivity index (χ0) is 19.0. The first kappa shape index (κ1) is 17.4. The third kappa shape index (κ3) is 3.11. The Morgan fingerprint density at radius 1 is 0.815 bits per heavy atom. The van der Waals surface area contributed by atoms with Gasteiger partial charge in [0.15, 0.2) is 11.6 Å². The minimum atomic E-state index is -0.373. The van der Waals surface area contributed by atoms with Crippen LogP contribution in [-0.4, -0.2) is 24.0 Å². The van der Waals surface area contributed by atoms with E-state index in [1.807, 2.05) is 12.1 Å². The number of hydrogen-bond donors (Lipinski definition) is 1. The highest BCUT2D eigenvalue weighted by atomic mass is 79.9. The summed E-state index contributed by atoms with van der Waals surface area (Å²) in [6.45, 7) is -0.111. The van der Waals surface area contributed by atoms with E-state index in [2.05, 4.69) is 21.2 Å². The number of nitrogens with one attached hydrogen (secondary N) is 1. The summed E-state index contributed by atoms with van der Waals surface area (Å²) in [4.78, 5) is 37.6. The molecular formula is C22H14BrNO3. The molecule has 0 radical (unpaired) electrons. The number of rotatable bonds is 4. The number of carbonyl (C=O) groups excluding carboxylic acids is 3. The molecule has 4 rings (SSSR count). The SMILES string of the molecule is O=C(CNC(=O)c1cccc2c1-c1ccccc1C2=O)c1ccc(Br)cc1. The molecule has 0 atom stereocenters. The Labute approximate surface area is 164 Å². The van der Waals surface area contributed by atoms with E-state index >= 15 is 0 Å². The van der Waals surface area contributed by atoms with Crippen molar-refractivity contribution >= 4 is 33.4 Å². The standard InChI is InChI=1S/C22H14BrNO3/c23-14-10-8-13(9-11-14)19(25)12-24-22(27)18-7-3-6-17-20(18)15-4-1-2-5-16(15)21(17)26/h1-11H,12H2,(H,24,27). The summed E-state index contributed by atoms with van der Waals surface area (Å²) >= 11 is 3.33. The fourth-order valence-electron chi connectivity index (χ4n) is 3.26. The van der Waals surface area contributed by atoms with Gasteiger partial charge in [0.2, 0.25) is 0 Å². The number of fused-ring (bicyclic) bond motifs is 3. The number of amides is 1. The maximum absolute atomic E-state index is 12.7. The average Bonchev–Trinajstić information content (AvgIpc) is 2.99. The summed E-state index contributed by atoms with van der Waals surface area (Å²) in [7, 11) is 0. The summed E-state index contributed by atoms with van der Waals surface area (Å²) in [5, 5.41) is 2.68. The number of benzene rings is 3. The van der Waals surface area contributed by atoms with Gasteiger partial charge < -0.3 is 5.32 Å². The smallest absolute Gasteiger partial charge is 0.252 e. The topological polar surface area (TPSA) is 63.2 Å². The van der Waals surface area contributed by atoms with Crippen LogP contribution >= 0.6 is 15.9 Å². The zero-order valence-electron chi connectivity index (χ0n) is 14.2. The Balaban J connectivity index is 1.59. The monoisotopic (exact) mass is 419 g/mol. The second-order valence-electron chi connectivity index (χ2n) is 6.22. The molecule has 132 valence electrons. The number of carbonyl (C=O) groups is 3. The largest absolute Gasteiger partial charge is 0.345 e. The predicted molar refractivity (Wildman–Crippen MR) is 106 cm³/mol. The van der Waals surface area contributed by atoms with Crippen LogP contribution in [-0.2, 0) is 0 Å². The highest BCUT2D eigenvalue weighted by Gasteiger charge is 2.30. The van der Waals surface area contributed by atoms with Gasteiger partial charge in [0.25, 0.3) is 5.91 Å². The van der Waals surface area contributed by atoms with E-state index in [-0.39, 0.29) is 24.0 Å². The van der Waals surface area contributed by atoms with Gasteiger partial charge in [0, 0.05) is 32.3 Å². The van der Waals surface area contributed by atoms with E-state index in [1.54, 1.807) is 54.6 Å². The molecule has 3 aromatic rings. The number of Topliss-reactive ketones (excluding diaryl/α,β-unsaturated/α-hetero) is 1. The van der Waals surface area contributed by atoms with Gasteiger partial charge in [0.05, 0.1) is 6.54 Å². The Morgan fingerprint density at radius 3 is 2.22 bits per heavy atom. The maximum Gasteiger partial charge on any atom is 0.252 e. The highest BCUT2D eigenvalue weighted by Crippen LogP contribution is 2.38. The Kier molecular flexibility index (Phi) is 4.46. The first-order chi connectivity index (χ1) is 13.1. The average molecular weight is 420 g/mol. The molecule has 0 fully saturated rings. The van der Waals surface area contributed by atoms with Gasteiger partial charge in [-0.05, 0) is 23.8 Å². The van der Waals surface area contributed by atoms with E-state index < -0.39 is 0 Å². The number of hydrogen-bond acceptors (Lipinski definition) is 3. The Morgan fingerprint density at radius 2 is 1.48 bits per heavy atom. The molecule has 1 N–H and O–H groups in total. The molecule has 0 saturated carbocycles. The molecule has 1 aliphatic carbocycles. The van der Waals surface area contributed by atoms with Crippen molar-refractivity contribution in [1.82, 2.24) is 5.32 Å². The van der Waals surface area contributed by atoms with Crippen LogP contribution in [0.3, 0.4) is 0 Å². The summed E-state index contributed by atoms with van der Waals surface area (Å²) in [6.07, 6.45) is 0. The molecule has 0 spiro atoms. The van der Waals surface area contributed by atoms with Crippen molar-refractivity contribution in [3.63, 3.8) is 0 Å². The van der Waals surface area contributed by atoms with Crippen LogP contribution in [0.15, 0.2) is 71.2 Å². The summed E-state index contributed by atoms with van der Waals surface area (Å²) < 4.78 is 0.881. The molecular weight excluding hydrogens is 406 g/mol. The summed E-state index contributed by atoms with van der Waals surface area (Å²) in [6, 6.07) is 19.3. The lowest BCUT2D eigenvalue weighted by molar-refractivity contribution is 0.0904. The minimum absolute atomic E-state index is 0.0822. The number of ketones is 2. The summed E-state index contributed by atoms with van der Waals surface area (Å²) in [5.74, 6) is -0.636. The lowest BCUT2D eigenvalue weighted by Crippen LogP contribution is -2.30. The molecule has 1 aliphatic rings. The molecule has 27 heavy (non-hydrogen) atoms. The van der Waals surface area contributed by atoms with Crippen molar-refractivity contribution in [2.24, 2.45) is 0 Å². The van der Waals surface area contributed by atoms with E-state index in [9.17, 15) is 14.4 Å². The zero-order valence-corrected chi connectivity index (χ0v) is 15.7. The van der Waals surface area contributed by atoms with Gasteiger partial charge in [-0.15, -0.1) is 0 Å². The van der Waals surface area contributed by atoms with Crippen LogP contribution < -0.4 is 5.32 Å². The van der Waals surface area contributed by atoms with Crippen molar-refractivity contribution in [3.05, 3.63) is 93.5 Å². The molecule has 0 unspecified atom stereocenters. The predicted octanol–water partition coefficient (Wildman–Crippen LogP) is 4.27. The maximum atomic E-state index is 12.7. The van der Waals surface area contributed by atoms with Crippen LogP contribution in [0.4, 0.5) is 0 Å². The van der Waals surface area contributed by atoms with Crippen molar-refractivity contribution < 1.29 is 14.4 Å². The second kappa shape index (κ2) is 6.93. The fraction of sp³-hybridized carbons (Fsp3) is 0.0455. The highest BCUT2D eigenvalue weighted by molar-refractivity contribution is 9.10. The Bertz CT molecular complexity index is 1090. The quantitative estimate of drug-likeness (QED) is 0.502. The van der Waals surface area contributed by atoms with Gasteiger partial charge in [-0.1, -0.05) is 64.5 Å². The lowest BCUT2D eigenvalue weighted by atomic mass is 9.99. The molecule has 0 saturated heterocycles. The van der Waals surface area contributed by atoms with Crippen LogP contribution in [0, 0.1) is 0 Å². The molecule has 0 bridgehead atoms. The first-order valence-corrected chi connectivity index (χ1v) is 9.19. The van der Waals surface area contributed by atoms with Crippen molar-refractivity contribution in [1.29, 1.82) is 0 Å². The van der Waals surface area contributed by atoms with Gasteiger partial charge in [0.1, 0.15) is 0 Å². The summed E-state index contributed by atoms with van der Waals surface area (Å²) in [5.41, 5.74) is 3.42. The van der Waals surface area contributed by atoms with Crippen molar-refractivity contribution in [2.45, 2.75) is 0 Å². The van der Waals surface area contributed by atoms with Gasteiger partial charge >= 0.3 is 0 Å². The van der Waals surface area contributed by atoms with Crippen molar-refractivity contribution in [3.8, 4) is 11.1 Å². The van der Waals surface area contributed by atoms with Crippen LogP contribution in [0.1, 0.15) is 36.6 Å². The molecule has 4 nitrogen and oxygen atoms in total. The van der Waals surface area contributed by atoms with E-state index in [0.717, 1.165) is 10.0 Å². The normalized spacial score (nSPS) is 11.7. The van der Waals surface area contributed by atoms with Crippen LogP contribution in [0.2, 0.25) is 0 Å². The Hall–Kier alpha value is -3.05. The minimum Gasteiger partial charge on any atom is -0.345 e.